The number of rotatable bonds is 2. The van der Waals surface area contributed by atoms with E-state index < -0.39 is 0 Å². The zero-order valence-corrected chi connectivity index (χ0v) is 8.81. The highest BCUT2D eigenvalue weighted by molar-refractivity contribution is 5.75. The van der Waals surface area contributed by atoms with Gasteiger partial charge in [0, 0.05) is 12.6 Å². The van der Waals surface area contributed by atoms with Crippen LogP contribution in [0.15, 0.2) is 11.3 Å². The highest BCUT2D eigenvalue weighted by Gasteiger charge is 2.19. The summed E-state index contributed by atoms with van der Waals surface area (Å²) in [7, 11) is 0. The Kier molecular flexibility index (Phi) is 3.52. The van der Waals surface area contributed by atoms with Crippen LogP contribution < -0.4 is 5.32 Å². The van der Waals surface area contributed by atoms with Crippen molar-refractivity contribution >= 4 is 5.91 Å². The molecule has 0 saturated carbocycles. The fourth-order valence-corrected chi connectivity index (χ4v) is 2.05. The Morgan fingerprint density at radius 1 is 1.62 bits per heavy atom. The summed E-state index contributed by atoms with van der Waals surface area (Å²) < 4.78 is 0. The molecule has 2 heteroatoms. The van der Waals surface area contributed by atoms with Crippen LogP contribution in [0.3, 0.4) is 0 Å². The van der Waals surface area contributed by atoms with Gasteiger partial charge in [0.25, 0.3) is 0 Å². The van der Waals surface area contributed by atoms with Gasteiger partial charge in [0.1, 0.15) is 0 Å². The van der Waals surface area contributed by atoms with E-state index in [1.165, 1.54) is 24.1 Å². The summed E-state index contributed by atoms with van der Waals surface area (Å²) in [6.45, 7) is 5.90. The molecule has 0 saturated heterocycles. The molecule has 1 N–H and O–H groups in total. The topological polar surface area (TPSA) is 29.1 Å². The minimum absolute atomic E-state index is 0.0645. The standard InChI is InChI=1S/C11H19NO/c1-4-10-7-5-6-8(2)11(10)12-9(3)13/h10H,4-7H2,1-3H3,(H,12,13). The van der Waals surface area contributed by atoms with Gasteiger partial charge < -0.3 is 5.32 Å². The van der Waals surface area contributed by atoms with E-state index in [0.717, 1.165) is 12.8 Å². The minimum Gasteiger partial charge on any atom is -0.330 e. The molecule has 2 nitrogen and oxygen atoms in total. The minimum atomic E-state index is 0.0645. The molecule has 0 spiro atoms. The summed E-state index contributed by atoms with van der Waals surface area (Å²) in [4.78, 5) is 11.0. The van der Waals surface area contributed by atoms with Crippen molar-refractivity contribution in [3.63, 3.8) is 0 Å². The first-order chi connectivity index (χ1) is 6.15. The van der Waals surface area contributed by atoms with Gasteiger partial charge in [0.15, 0.2) is 0 Å². The maximum atomic E-state index is 11.0. The first kappa shape index (κ1) is 10.3. The highest BCUT2D eigenvalue weighted by atomic mass is 16.1. The van der Waals surface area contributed by atoms with E-state index in [1.807, 2.05) is 0 Å². The summed E-state index contributed by atoms with van der Waals surface area (Å²) in [5.41, 5.74) is 2.56. The highest BCUT2D eigenvalue weighted by Crippen LogP contribution is 2.30. The molecule has 1 aliphatic carbocycles. The van der Waals surface area contributed by atoms with Crippen molar-refractivity contribution in [2.75, 3.05) is 0 Å². The Hall–Kier alpha value is -0.790. The molecule has 1 unspecified atom stereocenters. The average Bonchev–Trinajstić information content (AvgIpc) is 2.08. The normalized spacial score (nSPS) is 23.2. The number of hydrogen-bond acceptors (Lipinski definition) is 1. The zero-order valence-electron chi connectivity index (χ0n) is 8.81. The Balaban J connectivity index is 2.77. The molecule has 0 heterocycles. The van der Waals surface area contributed by atoms with Gasteiger partial charge in [-0.3, -0.25) is 4.79 Å². The largest absolute Gasteiger partial charge is 0.330 e. The quantitative estimate of drug-likeness (QED) is 0.697. The lowest BCUT2D eigenvalue weighted by atomic mass is 9.86. The smallest absolute Gasteiger partial charge is 0.221 e. The Bertz CT molecular complexity index is 230. The van der Waals surface area contributed by atoms with Crippen molar-refractivity contribution < 1.29 is 4.79 Å². The molecule has 13 heavy (non-hydrogen) atoms. The number of carbonyl (C=O) groups excluding carboxylic acids is 1. The third-order valence-electron chi connectivity index (χ3n) is 2.78. The lowest BCUT2D eigenvalue weighted by molar-refractivity contribution is -0.118. The summed E-state index contributed by atoms with van der Waals surface area (Å²) in [6, 6.07) is 0. The van der Waals surface area contributed by atoms with E-state index in [0.29, 0.717) is 5.92 Å². The second-order valence-corrected chi connectivity index (χ2v) is 3.87. The molecule has 1 aliphatic rings. The van der Waals surface area contributed by atoms with Crippen LogP contribution in [0.25, 0.3) is 0 Å². The van der Waals surface area contributed by atoms with Crippen molar-refractivity contribution in [2.24, 2.45) is 5.92 Å². The monoisotopic (exact) mass is 181 g/mol. The SMILES string of the molecule is CCC1CCCC(C)=C1NC(C)=O. The number of amides is 1. The van der Waals surface area contributed by atoms with Gasteiger partial charge in [-0.05, 0) is 38.5 Å². The van der Waals surface area contributed by atoms with Crippen LogP contribution >= 0.6 is 0 Å². The predicted octanol–water partition coefficient (Wildman–Crippen LogP) is 2.61. The lowest BCUT2D eigenvalue weighted by Gasteiger charge is -2.26. The van der Waals surface area contributed by atoms with E-state index in [9.17, 15) is 4.79 Å². The summed E-state index contributed by atoms with van der Waals surface area (Å²) in [5.74, 6) is 0.646. The molecule has 0 aromatic heterocycles. The van der Waals surface area contributed by atoms with E-state index >= 15 is 0 Å². The molecule has 0 bridgehead atoms. The van der Waals surface area contributed by atoms with Crippen LogP contribution in [0.5, 0.6) is 0 Å². The van der Waals surface area contributed by atoms with Gasteiger partial charge in [-0.15, -0.1) is 0 Å². The van der Waals surface area contributed by atoms with E-state index in [2.05, 4.69) is 19.2 Å². The lowest BCUT2D eigenvalue weighted by Crippen LogP contribution is -2.27. The van der Waals surface area contributed by atoms with Crippen LogP contribution in [-0.4, -0.2) is 5.91 Å². The second kappa shape index (κ2) is 4.45. The van der Waals surface area contributed by atoms with Gasteiger partial charge in [-0.1, -0.05) is 12.5 Å². The van der Waals surface area contributed by atoms with Crippen molar-refractivity contribution in [2.45, 2.75) is 46.5 Å². The number of carbonyl (C=O) groups is 1. The third kappa shape index (κ3) is 2.58. The average molecular weight is 181 g/mol. The molecule has 0 aromatic rings. The number of hydrogen-bond donors (Lipinski definition) is 1. The van der Waals surface area contributed by atoms with Crippen molar-refractivity contribution in [3.05, 3.63) is 11.3 Å². The van der Waals surface area contributed by atoms with Gasteiger partial charge >= 0.3 is 0 Å². The van der Waals surface area contributed by atoms with E-state index in [-0.39, 0.29) is 5.91 Å². The summed E-state index contributed by atoms with van der Waals surface area (Å²) in [5, 5.41) is 2.97. The molecule has 0 aromatic carbocycles. The molecular weight excluding hydrogens is 162 g/mol. The second-order valence-electron chi connectivity index (χ2n) is 3.87. The van der Waals surface area contributed by atoms with Crippen LogP contribution in [0.2, 0.25) is 0 Å². The fraction of sp³-hybridized carbons (Fsp3) is 0.727. The Morgan fingerprint density at radius 3 is 2.85 bits per heavy atom. The van der Waals surface area contributed by atoms with Gasteiger partial charge in [0.05, 0.1) is 0 Å². The Morgan fingerprint density at radius 2 is 2.31 bits per heavy atom. The maximum Gasteiger partial charge on any atom is 0.221 e. The van der Waals surface area contributed by atoms with Gasteiger partial charge in [0.2, 0.25) is 5.91 Å². The zero-order chi connectivity index (χ0) is 9.84. The molecule has 1 atom stereocenters. The van der Waals surface area contributed by atoms with E-state index in [1.54, 1.807) is 6.92 Å². The first-order valence-electron chi connectivity index (χ1n) is 5.12. The third-order valence-corrected chi connectivity index (χ3v) is 2.78. The van der Waals surface area contributed by atoms with Gasteiger partial charge in [-0.2, -0.15) is 0 Å². The summed E-state index contributed by atoms with van der Waals surface area (Å²) >= 11 is 0. The number of nitrogens with one attached hydrogen (secondary N) is 1. The molecular formula is C11H19NO. The fourth-order valence-electron chi connectivity index (χ4n) is 2.05. The molecule has 1 amide bonds. The van der Waals surface area contributed by atoms with Crippen LogP contribution in [0, 0.1) is 5.92 Å². The van der Waals surface area contributed by atoms with Crippen molar-refractivity contribution in [3.8, 4) is 0 Å². The van der Waals surface area contributed by atoms with Crippen LogP contribution in [-0.2, 0) is 4.79 Å². The molecule has 74 valence electrons. The van der Waals surface area contributed by atoms with Crippen LogP contribution in [0.1, 0.15) is 46.5 Å². The van der Waals surface area contributed by atoms with Gasteiger partial charge in [-0.25, -0.2) is 0 Å². The van der Waals surface area contributed by atoms with Crippen LogP contribution in [0.4, 0.5) is 0 Å². The summed E-state index contributed by atoms with van der Waals surface area (Å²) in [6.07, 6.45) is 4.77. The molecule has 0 aliphatic heterocycles. The van der Waals surface area contributed by atoms with Crippen molar-refractivity contribution in [1.29, 1.82) is 0 Å². The maximum absolute atomic E-state index is 11.0. The predicted molar refractivity (Wildman–Crippen MR) is 54.1 cm³/mol. The molecule has 0 fully saturated rings. The van der Waals surface area contributed by atoms with Crippen molar-refractivity contribution in [1.82, 2.24) is 5.32 Å². The first-order valence-corrected chi connectivity index (χ1v) is 5.12. The Labute approximate surface area is 80.4 Å². The number of allylic oxidation sites excluding steroid dienone is 2. The molecule has 1 rings (SSSR count). The molecule has 0 radical (unpaired) electrons. The van der Waals surface area contributed by atoms with E-state index in [4.69, 9.17) is 0 Å².